The number of aliphatic hydroxyl groups is 2. The molecule has 0 aromatic carbocycles. The number of nitrogens with zero attached hydrogens (tertiary/aromatic N) is 1. The highest BCUT2D eigenvalue weighted by Crippen LogP contribution is 2.20. The summed E-state index contributed by atoms with van der Waals surface area (Å²) >= 11 is 0. The van der Waals surface area contributed by atoms with Gasteiger partial charge in [0.25, 0.3) is 0 Å². The third kappa shape index (κ3) is 7.57. The van der Waals surface area contributed by atoms with Gasteiger partial charge < -0.3 is 25.0 Å². The van der Waals surface area contributed by atoms with Gasteiger partial charge in [-0.2, -0.15) is 0 Å². The van der Waals surface area contributed by atoms with Gasteiger partial charge in [-0.25, -0.2) is 0 Å². The quantitative estimate of drug-likeness (QED) is 0.484. The molecule has 21 heavy (non-hydrogen) atoms. The maximum atomic E-state index is 8.63. The van der Waals surface area contributed by atoms with Gasteiger partial charge in [0.15, 0.2) is 0 Å². The molecule has 0 saturated heterocycles. The molecule has 0 saturated carbocycles. The van der Waals surface area contributed by atoms with Gasteiger partial charge in [0.2, 0.25) is 0 Å². The van der Waals surface area contributed by atoms with E-state index in [4.69, 9.17) is 19.7 Å². The van der Waals surface area contributed by atoms with Crippen molar-refractivity contribution < 1.29 is 19.7 Å². The highest BCUT2D eigenvalue weighted by Gasteiger charge is 2.14. The molecule has 1 rings (SSSR count). The van der Waals surface area contributed by atoms with Crippen molar-refractivity contribution >= 4 is 5.71 Å². The van der Waals surface area contributed by atoms with Crippen LogP contribution in [0.3, 0.4) is 0 Å². The smallest absolute Gasteiger partial charge is 0.0698 e. The highest BCUT2D eigenvalue weighted by molar-refractivity contribution is 6.00. The molecule has 0 amide bonds. The monoisotopic (exact) mass is 300 g/mol. The van der Waals surface area contributed by atoms with Crippen molar-refractivity contribution in [3.63, 3.8) is 0 Å². The first-order valence-corrected chi connectivity index (χ1v) is 7.64. The first-order valence-electron chi connectivity index (χ1n) is 7.64. The van der Waals surface area contributed by atoms with Gasteiger partial charge in [0.05, 0.1) is 46.2 Å². The Morgan fingerprint density at radius 1 is 1.05 bits per heavy atom. The van der Waals surface area contributed by atoms with Crippen LogP contribution in [0.25, 0.3) is 0 Å². The number of aliphatic imine (C=N–C) groups is 1. The number of hydrogen-bond acceptors (Lipinski definition) is 6. The molecule has 0 heterocycles. The van der Waals surface area contributed by atoms with Gasteiger partial charge in [-0.1, -0.05) is 0 Å². The molecule has 0 spiro atoms. The normalized spacial score (nSPS) is 17.6. The highest BCUT2D eigenvalue weighted by atomic mass is 16.5. The van der Waals surface area contributed by atoms with Crippen LogP contribution in [-0.2, 0) is 9.47 Å². The van der Waals surface area contributed by atoms with E-state index in [0.717, 1.165) is 31.5 Å². The lowest BCUT2D eigenvalue weighted by molar-refractivity contribution is 0.0948. The summed E-state index contributed by atoms with van der Waals surface area (Å²) in [5.41, 5.74) is 3.61. The molecule has 0 aromatic heterocycles. The van der Waals surface area contributed by atoms with Gasteiger partial charge in [0, 0.05) is 18.0 Å². The molecule has 0 unspecified atom stereocenters. The van der Waals surface area contributed by atoms with E-state index in [2.05, 4.69) is 17.2 Å². The zero-order valence-corrected chi connectivity index (χ0v) is 12.9. The number of nitrogens with one attached hydrogen (secondary N) is 1. The summed E-state index contributed by atoms with van der Waals surface area (Å²) in [6, 6.07) is 0. The zero-order chi connectivity index (χ0) is 15.3. The Kier molecular flexibility index (Phi) is 10.1. The van der Waals surface area contributed by atoms with Crippen molar-refractivity contribution in [1.82, 2.24) is 5.32 Å². The predicted octanol–water partition coefficient (Wildman–Crippen LogP) is 0.493. The van der Waals surface area contributed by atoms with Crippen LogP contribution in [0.15, 0.2) is 16.3 Å². The Morgan fingerprint density at radius 2 is 1.76 bits per heavy atom. The number of hydrogen-bond donors (Lipinski definition) is 3. The summed E-state index contributed by atoms with van der Waals surface area (Å²) < 4.78 is 10.4. The first-order chi connectivity index (χ1) is 10.3. The fourth-order valence-electron chi connectivity index (χ4n) is 2.25. The summed E-state index contributed by atoms with van der Waals surface area (Å²) in [5, 5.41) is 20.7. The van der Waals surface area contributed by atoms with Crippen LogP contribution in [0.4, 0.5) is 0 Å². The van der Waals surface area contributed by atoms with E-state index in [-0.39, 0.29) is 13.2 Å². The van der Waals surface area contributed by atoms with Crippen molar-refractivity contribution in [2.45, 2.75) is 26.2 Å². The molecule has 122 valence electrons. The van der Waals surface area contributed by atoms with Crippen LogP contribution in [-0.4, -0.2) is 68.7 Å². The van der Waals surface area contributed by atoms with Crippen LogP contribution in [0, 0.1) is 0 Å². The van der Waals surface area contributed by atoms with Gasteiger partial charge >= 0.3 is 0 Å². The molecule has 0 aromatic rings. The fraction of sp³-hybridized carbons (Fsp3) is 0.800. The molecule has 0 aliphatic heterocycles. The molecule has 0 atom stereocenters. The minimum atomic E-state index is 0.0575. The second-order valence-corrected chi connectivity index (χ2v) is 4.88. The summed E-state index contributed by atoms with van der Waals surface area (Å²) in [4.78, 5) is 4.59. The molecule has 1 aliphatic rings. The third-order valence-electron chi connectivity index (χ3n) is 3.32. The number of ether oxygens (including phenoxy) is 2. The van der Waals surface area contributed by atoms with E-state index in [1.807, 2.05) is 0 Å². The Hall–Kier alpha value is -0.950. The van der Waals surface area contributed by atoms with Gasteiger partial charge in [-0.15, -0.1) is 0 Å². The standard InChI is InChI=1S/C15H28N2O4/c1-13-14(16-5-9-20-11-7-18)3-2-4-15(13)17-6-10-21-12-8-19/h16,18-19H,2-12H2,1H3. The van der Waals surface area contributed by atoms with Crippen molar-refractivity contribution in [3.8, 4) is 0 Å². The Bertz CT molecular complexity index is 343. The van der Waals surface area contributed by atoms with Gasteiger partial charge in [0.1, 0.15) is 0 Å². The Balaban J connectivity index is 2.36. The molecular weight excluding hydrogens is 272 g/mol. The molecule has 6 nitrogen and oxygen atoms in total. The predicted molar refractivity (Wildman–Crippen MR) is 82.7 cm³/mol. The SMILES string of the molecule is CC1=C(NCCOCCO)CCCC1=NCCOCCO. The van der Waals surface area contributed by atoms with E-state index >= 15 is 0 Å². The van der Waals surface area contributed by atoms with Crippen LogP contribution in [0.1, 0.15) is 26.2 Å². The summed E-state index contributed by atoms with van der Waals surface area (Å²) in [6.07, 6.45) is 3.16. The maximum Gasteiger partial charge on any atom is 0.0698 e. The molecule has 3 N–H and O–H groups in total. The lowest BCUT2D eigenvalue weighted by Gasteiger charge is -2.21. The van der Waals surface area contributed by atoms with E-state index in [0.29, 0.717) is 33.0 Å². The number of rotatable bonds is 11. The molecular formula is C15H28N2O4. The van der Waals surface area contributed by atoms with Crippen LogP contribution >= 0.6 is 0 Å². The largest absolute Gasteiger partial charge is 0.394 e. The second kappa shape index (κ2) is 11.7. The van der Waals surface area contributed by atoms with Crippen molar-refractivity contribution in [2.75, 3.05) is 52.7 Å². The van der Waals surface area contributed by atoms with Crippen molar-refractivity contribution in [3.05, 3.63) is 11.3 Å². The molecule has 6 heteroatoms. The zero-order valence-electron chi connectivity index (χ0n) is 12.9. The maximum absolute atomic E-state index is 8.63. The van der Waals surface area contributed by atoms with Crippen LogP contribution in [0.2, 0.25) is 0 Å². The minimum absolute atomic E-state index is 0.0575. The molecule has 1 aliphatic carbocycles. The second-order valence-electron chi connectivity index (χ2n) is 4.88. The van der Waals surface area contributed by atoms with E-state index in [9.17, 15) is 0 Å². The van der Waals surface area contributed by atoms with Crippen LogP contribution in [0.5, 0.6) is 0 Å². The summed E-state index contributed by atoms with van der Waals surface area (Å²) in [7, 11) is 0. The molecule has 0 fully saturated rings. The number of allylic oxidation sites excluding steroid dienone is 2. The number of aliphatic hydroxyl groups excluding tert-OH is 2. The molecule has 0 bridgehead atoms. The average molecular weight is 300 g/mol. The van der Waals surface area contributed by atoms with Gasteiger partial charge in [-0.05, 0) is 31.8 Å². The minimum Gasteiger partial charge on any atom is -0.394 e. The fourth-order valence-corrected chi connectivity index (χ4v) is 2.25. The summed E-state index contributed by atoms with van der Waals surface area (Å²) in [6.45, 7) is 5.52. The first kappa shape index (κ1) is 18.1. The third-order valence-corrected chi connectivity index (χ3v) is 3.32. The Morgan fingerprint density at radius 3 is 2.48 bits per heavy atom. The van der Waals surface area contributed by atoms with E-state index in [1.165, 1.54) is 11.3 Å². The van der Waals surface area contributed by atoms with Crippen molar-refractivity contribution in [2.24, 2.45) is 4.99 Å². The molecule has 0 radical (unpaired) electrons. The van der Waals surface area contributed by atoms with E-state index in [1.54, 1.807) is 0 Å². The topological polar surface area (TPSA) is 83.3 Å². The van der Waals surface area contributed by atoms with Crippen LogP contribution < -0.4 is 5.32 Å². The van der Waals surface area contributed by atoms with Crippen molar-refractivity contribution in [1.29, 1.82) is 0 Å². The lowest BCUT2D eigenvalue weighted by Crippen LogP contribution is -2.25. The Labute approximate surface area is 126 Å². The average Bonchev–Trinajstić information content (AvgIpc) is 2.50. The lowest BCUT2D eigenvalue weighted by atomic mass is 9.95. The summed E-state index contributed by atoms with van der Waals surface area (Å²) in [5.74, 6) is 0. The van der Waals surface area contributed by atoms with Gasteiger partial charge in [-0.3, -0.25) is 4.99 Å². The van der Waals surface area contributed by atoms with E-state index < -0.39 is 0 Å².